The summed E-state index contributed by atoms with van der Waals surface area (Å²) in [6.45, 7) is 1.30. The minimum Gasteiger partial charge on any atom is -0.324 e. The second-order valence-electron chi connectivity index (χ2n) is 5.00. The van der Waals surface area contributed by atoms with Gasteiger partial charge in [-0.3, -0.25) is 4.79 Å². The van der Waals surface area contributed by atoms with Crippen LogP contribution in [0.25, 0.3) is 0 Å². The smallest absolute Gasteiger partial charge is 0.233 e. The number of hydrogen-bond donors (Lipinski definition) is 2. The van der Waals surface area contributed by atoms with E-state index in [0.29, 0.717) is 17.3 Å². The van der Waals surface area contributed by atoms with E-state index in [1.807, 2.05) is 24.3 Å². The van der Waals surface area contributed by atoms with E-state index in [-0.39, 0.29) is 11.8 Å². The van der Waals surface area contributed by atoms with E-state index >= 15 is 0 Å². The van der Waals surface area contributed by atoms with E-state index in [1.165, 1.54) is 18.2 Å². The number of halogens is 2. The van der Waals surface area contributed by atoms with Crippen molar-refractivity contribution < 1.29 is 9.18 Å². The lowest BCUT2D eigenvalue weighted by Crippen LogP contribution is -2.35. The van der Waals surface area contributed by atoms with E-state index in [9.17, 15) is 9.18 Å². The lowest BCUT2D eigenvalue weighted by atomic mass is 9.90. The molecule has 0 bridgehead atoms. The third kappa shape index (κ3) is 2.91. The molecule has 0 aromatic heterocycles. The van der Waals surface area contributed by atoms with Crippen molar-refractivity contribution in [2.45, 2.75) is 12.5 Å². The molecule has 1 aliphatic rings. The van der Waals surface area contributed by atoms with Crippen LogP contribution in [0, 0.1) is 5.82 Å². The van der Waals surface area contributed by atoms with Crippen molar-refractivity contribution >= 4 is 23.2 Å². The normalized spacial score (nSPS) is 17.1. The summed E-state index contributed by atoms with van der Waals surface area (Å²) in [7, 11) is 0. The average Bonchev–Trinajstić information content (AvgIpc) is 2.50. The second-order valence-corrected chi connectivity index (χ2v) is 5.40. The molecule has 0 fully saturated rings. The Morgan fingerprint density at radius 3 is 2.95 bits per heavy atom. The number of rotatable bonds is 2. The molecule has 0 aliphatic carbocycles. The van der Waals surface area contributed by atoms with Gasteiger partial charge >= 0.3 is 0 Å². The second kappa shape index (κ2) is 5.84. The predicted octanol–water partition coefficient (Wildman–Crippen LogP) is 3.30. The van der Waals surface area contributed by atoms with E-state index in [0.717, 1.165) is 17.7 Å². The Labute approximate surface area is 127 Å². The van der Waals surface area contributed by atoms with Crippen LogP contribution < -0.4 is 10.6 Å². The summed E-state index contributed by atoms with van der Waals surface area (Å²) in [5, 5.41) is 6.25. The highest BCUT2D eigenvalue weighted by molar-refractivity contribution is 6.33. The van der Waals surface area contributed by atoms with Crippen LogP contribution in [0.4, 0.5) is 10.1 Å². The molecule has 1 unspecified atom stereocenters. The van der Waals surface area contributed by atoms with Gasteiger partial charge in [-0.05, 0) is 29.3 Å². The first-order chi connectivity index (χ1) is 10.1. The molecule has 0 radical (unpaired) electrons. The van der Waals surface area contributed by atoms with Gasteiger partial charge in [0.05, 0.1) is 16.6 Å². The van der Waals surface area contributed by atoms with Gasteiger partial charge < -0.3 is 10.6 Å². The predicted molar refractivity (Wildman–Crippen MR) is 80.9 cm³/mol. The van der Waals surface area contributed by atoms with E-state index in [2.05, 4.69) is 10.6 Å². The molecule has 1 atom stereocenters. The molecule has 108 valence electrons. The number of carbonyl (C=O) groups is 1. The highest BCUT2D eigenvalue weighted by Gasteiger charge is 2.26. The summed E-state index contributed by atoms with van der Waals surface area (Å²) in [5.41, 5.74) is 2.40. The van der Waals surface area contributed by atoms with Crippen molar-refractivity contribution in [3.8, 4) is 0 Å². The Balaban J connectivity index is 1.85. The van der Waals surface area contributed by atoms with E-state index in [4.69, 9.17) is 11.6 Å². The number of anilines is 1. The third-order valence-electron chi connectivity index (χ3n) is 3.60. The van der Waals surface area contributed by atoms with Crippen molar-refractivity contribution in [3.05, 3.63) is 64.4 Å². The van der Waals surface area contributed by atoms with Crippen LogP contribution in [0.15, 0.2) is 42.5 Å². The molecule has 2 N–H and O–H groups in total. The molecule has 1 heterocycles. The quantitative estimate of drug-likeness (QED) is 0.894. The Kier molecular flexibility index (Phi) is 3.90. The Bertz CT molecular complexity index is 690. The summed E-state index contributed by atoms with van der Waals surface area (Å²) in [4.78, 5) is 12.5. The van der Waals surface area contributed by atoms with Crippen molar-refractivity contribution in [2.75, 3.05) is 11.9 Å². The summed E-state index contributed by atoms with van der Waals surface area (Å²) >= 11 is 5.98. The van der Waals surface area contributed by atoms with Gasteiger partial charge in [0, 0.05) is 13.1 Å². The molecule has 5 heteroatoms. The standard InChI is InChI=1S/C16H14ClFN2O/c17-14-6-5-11(18)7-15(14)20-16(21)13-9-19-8-10-3-1-2-4-12(10)13/h1-7,13,19H,8-9H2,(H,20,21). The molecule has 0 spiro atoms. The highest BCUT2D eigenvalue weighted by atomic mass is 35.5. The Morgan fingerprint density at radius 2 is 2.10 bits per heavy atom. The Hall–Kier alpha value is -1.91. The maximum atomic E-state index is 13.3. The first kappa shape index (κ1) is 14.0. The summed E-state index contributed by atoms with van der Waals surface area (Å²) in [5.74, 6) is -0.937. The zero-order valence-electron chi connectivity index (χ0n) is 11.2. The average molecular weight is 305 g/mol. The minimum absolute atomic E-state index is 0.192. The van der Waals surface area contributed by atoms with Crippen molar-refractivity contribution in [3.63, 3.8) is 0 Å². The van der Waals surface area contributed by atoms with Gasteiger partial charge in [0.25, 0.3) is 0 Å². The fourth-order valence-electron chi connectivity index (χ4n) is 2.54. The van der Waals surface area contributed by atoms with Gasteiger partial charge in [0.1, 0.15) is 5.82 Å². The van der Waals surface area contributed by atoms with Crippen LogP contribution in [0.2, 0.25) is 5.02 Å². The van der Waals surface area contributed by atoms with Gasteiger partial charge in [-0.15, -0.1) is 0 Å². The van der Waals surface area contributed by atoms with Crippen LogP contribution in [0.3, 0.4) is 0 Å². The van der Waals surface area contributed by atoms with Gasteiger partial charge in [-0.1, -0.05) is 35.9 Å². The van der Waals surface area contributed by atoms with Gasteiger partial charge in [-0.2, -0.15) is 0 Å². The molecule has 1 aliphatic heterocycles. The van der Waals surface area contributed by atoms with Crippen LogP contribution >= 0.6 is 11.6 Å². The fourth-order valence-corrected chi connectivity index (χ4v) is 2.71. The van der Waals surface area contributed by atoms with Crippen LogP contribution in [-0.2, 0) is 11.3 Å². The van der Waals surface area contributed by atoms with Gasteiger partial charge in [-0.25, -0.2) is 4.39 Å². The number of fused-ring (bicyclic) bond motifs is 1. The van der Waals surface area contributed by atoms with Crippen LogP contribution in [0.1, 0.15) is 17.0 Å². The number of amides is 1. The zero-order chi connectivity index (χ0) is 14.8. The monoisotopic (exact) mass is 304 g/mol. The van der Waals surface area contributed by atoms with Crippen LogP contribution in [0.5, 0.6) is 0 Å². The third-order valence-corrected chi connectivity index (χ3v) is 3.93. The largest absolute Gasteiger partial charge is 0.324 e. The Morgan fingerprint density at radius 1 is 1.29 bits per heavy atom. The topological polar surface area (TPSA) is 41.1 Å². The van der Waals surface area contributed by atoms with Gasteiger partial charge in [0.2, 0.25) is 5.91 Å². The van der Waals surface area contributed by atoms with Crippen LogP contribution in [-0.4, -0.2) is 12.5 Å². The molecule has 21 heavy (non-hydrogen) atoms. The molecule has 0 saturated heterocycles. The molecule has 3 nitrogen and oxygen atoms in total. The maximum Gasteiger partial charge on any atom is 0.233 e. The maximum absolute atomic E-state index is 13.3. The first-order valence-electron chi connectivity index (χ1n) is 6.69. The van der Waals surface area contributed by atoms with E-state index < -0.39 is 5.82 Å². The number of benzene rings is 2. The number of nitrogens with one attached hydrogen (secondary N) is 2. The summed E-state index contributed by atoms with van der Waals surface area (Å²) in [6.07, 6.45) is 0. The molecular weight excluding hydrogens is 291 g/mol. The molecular formula is C16H14ClFN2O. The molecule has 0 saturated carbocycles. The molecule has 2 aromatic rings. The lowest BCUT2D eigenvalue weighted by Gasteiger charge is -2.25. The van der Waals surface area contributed by atoms with E-state index in [1.54, 1.807) is 0 Å². The lowest BCUT2D eigenvalue weighted by molar-refractivity contribution is -0.117. The van der Waals surface area contributed by atoms with Gasteiger partial charge in [0.15, 0.2) is 0 Å². The fraction of sp³-hybridized carbons (Fsp3) is 0.188. The number of carbonyl (C=O) groups excluding carboxylic acids is 1. The van der Waals surface area contributed by atoms with Crippen molar-refractivity contribution in [1.82, 2.24) is 5.32 Å². The first-order valence-corrected chi connectivity index (χ1v) is 7.07. The van der Waals surface area contributed by atoms with Crippen molar-refractivity contribution in [2.24, 2.45) is 0 Å². The molecule has 2 aromatic carbocycles. The van der Waals surface area contributed by atoms with Crippen molar-refractivity contribution in [1.29, 1.82) is 0 Å². The SMILES string of the molecule is O=C(Nc1cc(F)ccc1Cl)C1CNCc2ccccc21. The summed E-state index contributed by atoms with van der Waals surface area (Å²) in [6, 6.07) is 11.7. The minimum atomic E-state index is -0.433. The highest BCUT2D eigenvalue weighted by Crippen LogP contribution is 2.27. The summed E-state index contributed by atoms with van der Waals surface area (Å²) < 4.78 is 13.3. The zero-order valence-corrected chi connectivity index (χ0v) is 12.0. The number of hydrogen-bond acceptors (Lipinski definition) is 2. The molecule has 1 amide bonds. The molecule has 3 rings (SSSR count).